The van der Waals surface area contributed by atoms with Crippen LogP contribution in [-0.2, 0) is 10.2 Å². The Balaban J connectivity index is 2.08. The summed E-state index contributed by atoms with van der Waals surface area (Å²) in [4.78, 5) is 13.4. The highest BCUT2D eigenvalue weighted by Gasteiger charge is 2.32. The number of amides is 1. The van der Waals surface area contributed by atoms with Crippen LogP contribution in [0.2, 0.25) is 0 Å². The highest BCUT2D eigenvalue weighted by molar-refractivity contribution is 5.87. The second-order valence-corrected chi connectivity index (χ2v) is 4.96. The summed E-state index contributed by atoms with van der Waals surface area (Å²) in [5.74, 6) is 0.0557. The lowest BCUT2D eigenvalue weighted by molar-refractivity contribution is -0.127. The van der Waals surface area contributed by atoms with Gasteiger partial charge in [0.25, 0.3) is 0 Å². The van der Waals surface area contributed by atoms with E-state index in [2.05, 4.69) is 37.8 Å². The molecule has 1 amide bonds. The van der Waals surface area contributed by atoms with Gasteiger partial charge < -0.3 is 4.90 Å². The number of benzene rings is 1. The first-order chi connectivity index (χ1) is 8.15. The van der Waals surface area contributed by atoms with Crippen molar-refractivity contribution in [2.24, 2.45) is 0 Å². The van der Waals surface area contributed by atoms with Gasteiger partial charge >= 0.3 is 0 Å². The van der Waals surface area contributed by atoms with E-state index in [1.165, 1.54) is 11.6 Å². The minimum absolute atomic E-state index is 0.0557. The fourth-order valence-corrected chi connectivity index (χ4v) is 2.48. The van der Waals surface area contributed by atoms with E-state index >= 15 is 0 Å². The van der Waals surface area contributed by atoms with E-state index < -0.39 is 0 Å². The maximum Gasteiger partial charge on any atom is 0.245 e. The molecule has 1 aromatic rings. The molecule has 0 aliphatic carbocycles. The molecule has 0 radical (unpaired) electrons. The van der Waals surface area contributed by atoms with Crippen molar-refractivity contribution in [3.8, 4) is 0 Å². The molecular formula is C15H19NO. The Bertz CT molecular complexity index is 402. The lowest BCUT2D eigenvalue weighted by Crippen LogP contribution is -2.43. The number of piperidine rings is 1. The third kappa shape index (κ3) is 2.41. The standard InChI is InChI=1S/C15H19NO/c1-3-14(17)16-11-9-15(2,10-12-16)13-7-5-4-6-8-13/h3-8H,1,9-12H2,2H3. The lowest BCUT2D eigenvalue weighted by Gasteiger charge is -2.39. The van der Waals surface area contributed by atoms with Crippen molar-refractivity contribution in [1.29, 1.82) is 0 Å². The third-order valence-corrected chi connectivity index (χ3v) is 3.82. The number of rotatable bonds is 2. The molecule has 1 aliphatic heterocycles. The Labute approximate surface area is 103 Å². The molecule has 0 aromatic heterocycles. The largest absolute Gasteiger partial charge is 0.339 e. The van der Waals surface area contributed by atoms with Crippen molar-refractivity contribution in [3.05, 3.63) is 48.6 Å². The highest BCUT2D eigenvalue weighted by atomic mass is 16.2. The van der Waals surface area contributed by atoms with Crippen LogP contribution in [0.15, 0.2) is 43.0 Å². The van der Waals surface area contributed by atoms with Gasteiger partial charge in [-0.15, -0.1) is 0 Å². The first-order valence-corrected chi connectivity index (χ1v) is 6.12. The Hall–Kier alpha value is -1.57. The smallest absolute Gasteiger partial charge is 0.245 e. The molecule has 0 spiro atoms. The quantitative estimate of drug-likeness (QED) is 0.714. The van der Waals surface area contributed by atoms with Gasteiger partial charge in [-0.3, -0.25) is 4.79 Å². The van der Waals surface area contributed by atoms with Crippen LogP contribution in [-0.4, -0.2) is 23.9 Å². The van der Waals surface area contributed by atoms with Crippen molar-refractivity contribution < 1.29 is 4.79 Å². The second kappa shape index (κ2) is 4.74. The van der Waals surface area contributed by atoms with Gasteiger partial charge in [0.05, 0.1) is 0 Å². The number of carbonyl (C=O) groups is 1. The fraction of sp³-hybridized carbons (Fsp3) is 0.400. The summed E-state index contributed by atoms with van der Waals surface area (Å²) in [6.07, 6.45) is 3.46. The molecule has 90 valence electrons. The number of hydrogen-bond donors (Lipinski definition) is 0. The predicted octanol–water partition coefficient (Wildman–Crippen LogP) is 2.75. The minimum atomic E-state index is 0.0557. The maximum atomic E-state index is 11.5. The maximum absolute atomic E-state index is 11.5. The van der Waals surface area contributed by atoms with Crippen LogP contribution >= 0.6 is 0 Å². The molecule has 0 bridgehead atoms. The summed E-state index contributed by atoms with van der Waals surface area (Å²) >= 11 is 0. The van der Waals surface area contributed by atoms with Gasteiger partial charge in [-0.25, -0.2) is 0 Å². The summed E-state index contributed by atoms with van der Waals surface area (Å²) in [7, 11) is 0. The Kier molecular flexibility index (Phi) is 3.32. The number of hydrogen-bond acceptors (Lipinski definition) is 1. The first kappa shape index (κ1) is 11.9. The van der Waals surface area contributed by atoms with Crippen molar-refractivity contribution in [2.45, 2.75) is 25.2 Å². The average Bonchev–Trinajstić information content (AvgIpc) is 2.40. The summed E-state index contributed by atoms with van der Waals surface area (Å²) in [5, 5.41) is 0. The molecule has 1 saturated heterocycles. The first-order valence-electron chi connectivity index (χ1n) is 6.12. The van der Waals surface area contributed by atoms with E-state index in [0.29, 0.717) is 0 Å². The number of carbonyl (C=O) groups excluding carboxylic acids is 1. The van der Waals surface area contributed by atoms with E-state index in [0.717, 1.165) is 25.9 Å². The van der Waals surface area contributed by atoms with Crippen LogP contribution in [0.25, 0.3) is 0 Å². The molecule has 2 heteroatoms. The van der Waals surface area contributed by atoms with Crippen molar-refractivity contribution in [1.82, 2.24) is 4.90 Å². The SMILES string of the molecule is C=CC(=O)N1CCC(C)(c2ccccc2)CC1. The molecule has 0 unspecified atom stereocenters. The zero-order valence-electron chi connectivity index (χ0n) is 10.4. The summed E-state index contributed by atoms with van der Waals surface area (Å²) in [5.41, 5.74) is 1.59. The fourth-order valence-electron chi connectivity index (χ4n) is 2.48. The molecule has 1 aliphatic rings. The van der Waals surface area contributed by atoms with E-state index in [1.54, 1.807) is 0 Å². The molecule has 0 saturated carbocycles. The monoisotopic (exact) mass is 229 g/mol. The second-order valence-electron chi connectivity index (χ2n) is 4.96. The van der Waals surface area contributed by atoms with Crippen LogP contribution in [0.5, 0.6) is 0 Å². The molecule has 0 N–H and O–H groups in total. The number of nitrogens with zero attached hydrogens (tertiary/aromatic N) is 1. The molecule has 2 rings (SSSR count). The van der Waals surface area contributed by atoms with Gasteiger partial charge in [0.2, 0.25) is 5.91 Å². The van der Waals surface area contributed by atoms with Crippen LogP contribution in [0, 0.1) is 0 Å². The summed E-state index contributed by atoms with van der Waals surface area (Å²) in [6.45, 7) is 7.49. The van der Waals surface area contributed by atoms with Gasteiger partial charge in [-0.05, 0) is 29.9 Å². The average molecular weight is 229 g/mol. The van der Waals surface area contributed by atoms with Crippen LogP contribution in [0.4, 0.5) is 0 Å². The van der Waals surface area contributed by atoms with Crippen molar-refractivity contribution in [3.63, 3.8) is 0 Å². The van der Waals surface area contributed by atoms with Gasteiger partial charge in [-0.1, -0.05) is 43.8 Å². The normalized spacial score (nSPS) is 18.8. The molecule has 1 heterocycles. The summed E-state index contributed by atoms with van der Waals surface area (Å²) in [6, 6.07) is 10.6. The van der Waals surface area contributed by atoms with E-state index in [4.69, 9.17) is 0 Å². The van der Waals surface area contributed by atoms with Crippen LogP contribution in [0.3, 0.4) is 0 Å². The molecular weight excluding hydrogens is 210 g/mol. The van der Waals surface area contributed by atoms with Gasteiger partial charge in [0.15, 0.2) is 0 Å². The number of likely N-dealkylation sites (tertiary alicyclic amines) is 1. The lowest BCUT2D eigenvalue weighted by atomic mass is 9.74. The van der Waals surface area contributed by atoms with Gasteiger partial charge in [0.1, 0.15) is 0 Å². The van der Waals surface area contributed by atoms with Crippen LogP contribution < -0.4 is 0 Å². The molecule has 1 aromatic carbocycles. The molecule has 0 atom stereocenters. The predicted molar refractivity (Wildman–Crippen MR) is 69.8 cm³/mol. The minimum Gasteiger partial charge on any atom is -0.339 e. The Morgan fingerprint density at radius 3 is 2.41 bits per heavy atom. The topological polar surface area (TPSA) is 20.3 Å². The van der Waals surface area contributed by atoms with E-state index in [-0.39, 0.29) is 11.3 Å². The molecule has 2 nitrogen and oxygen atoms in total. The third-order valence-electron chi connectivity index (χ3n) is 3.82. The van der Waals surface area contributed by atoms with Gasteiger partial charge in [0, 0.05) is 13.1 Å². The zero-order chi connectivity index (χ0) is 12.3. The highest BCUT2D eigenvalue weighted by Crippen LogP contribution is 2.34. The Morgan fingerprint density at radius 2 is 1.88 bits per heavy atom. The summed E-state index contributed by atoms with van der Waals surface area (Å²) < 4.78 is 0. The van der Waals surface area contributed by atoms with Gasteiger partial charge in [-0.2, -0.15) is 0 Å². The van der Waals surface area contributed by atoms with Crippen molar-refractivity contribution >= 4 is 5.91 Å². The van der Waals surface area contributed by atoms with E-state index in [9.17, 15) is 4.79 Å². The van der Waals surface area contributed by atoms with Crippen LogP contribution in [0.1, 0.15) is 25.3 Å². The zero-order valence-corrected chi connectivity index (χ0v) is 10.4. The Morgan fingerprint density at radius 1 is 1.29 bits per heavy atom. The molecule has 17 heavy (non-hydrogen) atoms. The molecule has 1 fully saturated rings. The van der Waals surface area contributed by atoms with Crippen molar-refractivity contribution in [2.75, 3.05) is 13.1 Å². The van der Waals surface area contributed by atoms with E-state index in [1.807, 2.05) is 11.0 Å².